The fourth-order valence-corrected chi connectivity index (χ4v) is 2.99. The van der Waals surface area contributed by atoms with Gasteiger partial charge in [-0.1, -0.05) is 30.2 Å². The Morgan fingerprint density at radius 3 is 2.50 bits per heavy atom. The van der Waals surface area contributed by atoms with Crippen molar-refractivity contribution >= 4 is 23.2 Å². The first kappa shape index (κ1) is 13.8. The van der Waals surface area contributed by atoms with E-state index in [0.717, 1.165) is 54.7 Å². The predicted molar refractivity (Wildman–Crippen MR) is 87.0 cm³/mol. The van der Waals surface area contributed by atoms with Crippen LogP contribution in [0.15, 0.2) is 24.3 Å². The Morgan fingerprint density at radius 1 is 1.18 bits per heavy atom. The predicted octanol–water partition coefficient (Wildman–Crippen LogP) is 4.35. The number of carbonyl (C=O) groups excluding carboxylic acids is 1. The van der Waals surface area contributed by atoms with Crippen molar-refractivity contribution in [1.29, 1.82) is 0 Å². The highest BCUT2D eigenvalue weighted by Crippen LogP contribution is 2.45. The van der Waals surface area contributed by atoms with E-state index in [9.17, 15) is 4.79 Å². The maximum atomic E-state index is 12.4. The second-order valence-corrected chi connectivity index (χ2v) is 6.70. The molecule has 0 radical (unpaired) electrons. The molecule has 2 fully saturated rings. The van der Waals surface area contributed by atoms with Crippen LogP contribution in [-0.4, -0.2) is 16.1 Å². The van der Waals surface area contributed by atoms with E-state index in [-0.39, 0.29) is 11.8 Å². The van der Waals surface area contributed by atoms with Gasteiger partial charge in [0, 0.05) is 22.4 Å². The summed E-state index contributed by atoms with van der Waals surface area (Å²) in [7, 11) is 0. The summed E-state index contributed by atoms with van der Waals surface area (Å²) in [6.45, 7) is 0. The summed E-state index contributed by atoms with van der Waals surface area (Å²) in [6, 6.07) is 7.57. The van der Waals surface area contributed by atoms with Crippen molar-refractivity contribution < 1.29 is 4.79 Å². The van der Waals surface area contributed by atoms with Crippen LogP contribution in [0.25, 0.3) is 11.3 Å². The first-order valence-corrected chi connectivity index (χ1v) is 8.25. The normalized spacial score (nSPS) is 18.0. The summed E-state index contributed by atoms with van der Waals surface area (Å²) in [5, 5.41) is 11.4. The van der Waals surface area contributed by atoms with E-state index < -0.39 is 0 Å². The number of hydrogen-bond acceptors (Lipinski definition) is 2. The van der Waals surface area contributed by atoms with E-state index in [2.05, 4.69) is 15.5 Å². The molecule has 4 rings (SSSR count). The third-order valence-corrected chi connectivity index (χ3v) is 4.87. The summed E-state index contributed by atoms with van der Waals surface area (Å²) in [5.41, 5.74) is 3.71. The van der Waals surface area contributed by atoms with Gasteiger partial charge in [0.2, 0.25) is 5.91 Å². The molecule has 2 aliphatic carbocycles. The Labute approximate surface area is 134 Å². The van der Waals surface area contributed by atoms with Crippen molar-refractivity contribution in [3.63, 3.8) is 0 Å². The zero-order valence-corrected chi connectivity index (χ0v) is 13.0. The largest absolute Gasteiger partial charge is 0.322 e. The fourth-order valence-electron chi connectivity index (χ4n) is 2.86. The number of anilines is 1. The molecule has 5 heteroatoms. The molecule has 2 aromatic rings. The van der Waals surface area contributed by atoms with E-state index in [4.69, 9.17) is 11.6 Å². The Kier molecular flexibility index (Phi) is 3.41. The molecule has 1 heterocycles. The van der Waals surface area contributed by atoms with Crippen LogP contribution in [-0.2, 0) is 4.79 Å². The molecule has 1 amide bonds. The van der Waals surface area contributed by atoms with Crippen LogP contribution in [0.1, 0.15) is 43.7 Å². The third kappa shape index (κ3) is 2.52. The molecule has 22 heavy (non-hydrogen) atoms. The van der Waals surface area contributed by atoms with Gasteiger partial charge in [0.05, 0.1) is 11.4 Å². The summed E-state index contributed by atoms with van der Waals surface area (Å²) in [4.78, 5) is 12.4. The van der Waals surface area contributed by atoms with E-state index in [0.29, 0.717) is 10.9 Å². The molecule has 1 aromatic carbocycles. The van der Waals surface area contributed by atoms with Crippen molar-refractivity contribution in [3.8, 4) is 11.3 Å². The highest BCUT2D eigenvalue weighted by atomic mass is 35.5. The standard InChI is InChI=1S/C17H18ClN3O/c18-13-8-6-11(7-9-13)15-16(14(20-21-15)10-4-5-10)19-17(22)12-2-1-3-12/h6-10,12H,1-5H2,(H,19,22)(H,20,21). The van der Waals surface area contributed by atoms with Gasteiger partial charge in [-0.25, -0.2) is 0 Å². The first-order chi connectivity index (χ1) is 10.7. The highest BCUT2D eigenvalue weighted by Gasteiger charge is 2.32. The zero-order valence-electron chi connectivity index (χ0n) is 12.2. The topological polar surface area (TPSA) is 57.8 Å². The maximum Gasteiger partial charge on any atom is 0.227 e. The smallest absolute Gasteiger partial charge is 0.227 e. The van der Waals surface area contributed by atoms with Crippen molar-refractivity contribution in [2.75, 3.05) is 5.32 Å². The molecule has 2 aliphatic rings. The number of nitrogens with zero attached hydrogens (tertiary/aromatic N) is 1. The van der Waals surface area contributed by atoms with Gasteiger partial charge in [-0.3, -0.25) is 9.89 Å². The van der Waals surface area contributed by atoms with Crippen LogP contribution >= 0.6 is 11.6 Å². The van der Waals surface area contributed by atoms with E-state index in [1.54, 1.807) is 0 Å². The maximum absolute atomic E-state index is 12.4. The number of hydrogen-bond donors (Lipinski definition) is 2. The Hall–Kier alpha value is -1.81. The summed E-state index contributed by atoms with van der Waals surface area (Å²) in [5.74, 6) is 0.801. The molecule has 1 aromatic heterocycles. The van der Waals surface area contributed by atoms with Gasteiger partial charge in [0.1, 0.15) is 5.69 Å². The Balaban J connectivity index is 1.68. The van der Waals surface area contributed by atoms with Crippen LogP contribution in [0.4, 0.5) is 5.69 Å². The number of nitrogens with one attached hydrogen (secondary N) is 2. The average Bonchev–Trinajstić information content (AvgIpc) is 3.20. The van der Waals surface area contributed by atoms with E-state index in [1.165, 1.54) is 0 Å². The highest BCUT2D eigenvalue weighted by molar-refractivity contribution is 6.30. The molecule has 2 saturated carbocycles. The number of carbonyl (C=O) groups is 1. The third-order valence-electron chi connectivity index (χ3n) is 4.62. The van der Waals surface area contributed by atoms with E-state index in [1.807, 2.05) is 24.3 Å². The number of halogens is 1. The van der Waals surface area contributed by atoms with Crippen molar-refractivity contribution in [2.24, 2.45) is 5.92 Å². The monoisotopic (exact) mass is 315 g/mol. The molecule has 4 nitrogen and oxygen atoms in total. The van der Waals surface area contributed by atoms with Gasteiger partial charge in [0.15, 0.2) is 0 Å². The molecule has 114 valence electrons. The van der Waals surface area contributed by atoms with Crippen molar-refractivity contribution in [1.82, 2.24) is 10.2 Å². The van der Waals surface area contributed by atoms with Crippen LogP contribution < -0.4 is 5.32 Å². The number of benzene rings is 1. The quantitative estimate of drug-likeness (QED) is 0.881. The Bertz CT molecular complexity index is 699. The summed E-state index contributed by atoms with van der Waals surface area (Å²) < 4.78 is 0. The lowest BCUT2D eigenvalue weighted by Gasteiger charge is -2.24. The van der Waals surface area contributed by atoms with Gasteiger partial charge in [-0.15, -0.1) is 0 Å². The number of H-pyrrole nitrogens is 1. The number of aromatic amines is 1. The minimum absolute atomic E-state index is 0.129. The number of amides is 1. The number of rotatable bonds is 4. The van der Waals surface area contributed by atoms with Crippen LogP contribution in [0.5, 0.6) is 0 Å². The lowest BCUT2D eigenvalue weighted by atomic mass is 9.84. The molecular formula is C17H18ClN3O. The lowest BCUT2D eigenvalue weighted by Crippen LogP contribution is -2.28. The van der Waals surface area contributed by atoms with Crippen molar-refractivity contribution in [3.05, 3.63) is 35.0 Å². The van der Waals surface area contributed by atoms with E-state index >= 15 is 0 Å². The second-order valence-electron chi connectivity index (χ2n) is 6.26. The molecule has 0 atom stereocenters. The average molecular weight is 316 g/mol. The molecule has 0 bridgehead atoms. The number of aromatic nitrogens is 2. The van der Waals surface area contributed by atoms with Gasteiger partial charge in [-0.2, -0.15) is 5.10 Å². The first-order valence-electron chi connectivity index (χ1n) is 7.87. The molecule has 0 aliphatic heterocycles. The van der Waals surface area contributed by atoms with Crippen LogP contribution in [0.2, 0.25) is 5.02 Å². The second kappa shape index (κ2) is 5.43. The summed E-state index contributed by atoms with van der Waals surface area (Å²) >= 11 is 5.96. The van der Waals surface area contributed by atoms with Crippen LogP contribution in [0.3, 0.4) is 0 Å². The lowest BCUT2D eigenvalue weighted by molar-refractivity contribution is -0.122. The van der Waals surface area contributed by atoms with Gasteiger partial charge in [0.25, 0.3) is 0 Å². The molecule has 0 saturated heterocycles. The summed E-state index contributed by atoms with van der Waals surface area (Å²) in [6.07, 6.45) is 5.48. The molecule has 0 unspecified atom stereocenters. The fraction of sp³-hybridized carbons (Fsp3) is 0.412. The van der Waals surface area contributed by atoms with Gasteiger partial charge >= 0.3 is 0 Å². The minimum atomic E-state index is 0.129. The molecule has 0 spiro atoms. The van der Waals surface area contributed by atoms with Crippen molar-refractivity contribution in [2.45, 2.75) is 38.0 Å². The Morgan fingerprint density at radius 2 is 1.91 bits per heavy atom. The SMILES string of the molecule is O=C(Nc1c(-c2ccc(Cl)cc2)n[nH]c1C1CC1)C1CCC1. The molecular weight excluding hydrogens is 298 g/mol. The zero-order chi connectivity index (χ0) is 15.1. The van der Waals surface area contributed by atoms with Gasteiger partial charge < -0.3 is 5.32 Å². The van der Waals surface area contributed by atoms with Crippen LogP contribution in [0, 0.1) is 5.92 Å². The molecule has 2 N–H and O–H groups in total. The van der Waals surface area contributed by atoms with Gasteiger partial charge in [-0.05, 0) is 37.8 Å². The minimum Gasteiger partial charge on any atom is -0.322 e.